The number of nitrogens with zero attached hydrogens (tertiary/aromatic N) is 1. The van der Waals surface area contributed by atoms with E-state index in [1.54, 1.807) is 12.1 Å². The van der Waals surface area contributed by atoms with Crippen molar-refractivity contribution in [1.29, 1.82) is 0 Å². The molecular weight excluding hydrogens is 429 g/mol. The van der Waals surface area contributed by atoms with E-state index in [2.05, 4.69) is 30.9 Å². The molecule has 1 aliphatic rings. The Hall–Kier alpha value is -0.0900. The molecule has 1 aliphatic heterocycles. The van der Waals surface area contributed by atoms with Crippen molar-refractivity contribution in [3.8, 4) is 5.75 Å². The number of piperazine rings is 1. The average Bonchev–Trinajstić information content (AvgIpc) is 2.48. The van der Waals surface area contributed by atoms with Crippen LogP contribution in [0, 0.1) is 0 Å². The van der Waals surface area contributed by atoms with Gasteiger partial charge < -0.3 is 10.1 Å². The molecule has 1 fully saturated rings. The minimum absolute atomic E-state index is 0. The predicted molar refractivity (Wildman–Crippen MR) is 99.7 cm³/mol. The van der Waals surface area contributed by atoms with Crippen molar-refractivity contribution >= 4 is 50.8 Å². The molecule has 0 aliphatic carbocycles. The molecule has 0 radical (unpaired) electrons. The molecule has 1 aromatic rings. The smallest absolute Gasteiger partial charge is 0.240 e. The molecule has 10 heteroatoms. The quantitative estimate of drug-likeness (QED) is 0.686. The lowest BCUT2D eigenvalue weighted by Gasteiger charge is -2.27. The van der Waals surface area contributed by atoms with E-state index in [4.69, 9.17) is 4.74 Å². The molecule has 0 atom stereocenters. The summed E-state index contributed by atoms with van der Waals surface area (Å²) in [4.78, 5) is 2.45. The van der Waals surface area contributed by atoms with Gasteiger partial charge in [-0.25, -0.2) is 13.1 Å². The van der Waals surface area contributed by atoms with Crippen LogP contribution in [0.5, 0.6) is 5.75 Å². The molecule has 0 aromatic heterocycles. The Kier molecular flexibility index (Phi) is 10.7. The highest BCUT2D eigenvalue weighted by Gasteiger charge is 2.16. The maximum absolute atomic E-state index is 12.2. The number of benzene rings is 1. The van der Waals surface area contributed by atoms with Gasteiger partial charge in [-0.1, -0.05) is 0 Å². The average molecular weight is 451 g/mol. The van der Waals surface area contributed by atoms with Crippen LogP contribution in [-0.2, 0) is 10.0 Å². The minimum atomic E-state index is -3.50. The van der Waals surface area contributed by atoms with Gasteiger partial charge in [0.1, 0.15) is 5.75 Å². The summed E-state index contributed by atoms with van der Waals surface area (Å²) < 4.78 is 33.0. The van der Waals surface area contributed by atoms with E-state index in [-0.39, 0.29) is 29.7 Å². The first-order valence-corrected chi connectivity index (χ1v) is 9.07. The lowest BCUT2D eigenvalue weighted by atomic mass is 10.3. The van der Waals surface area contributed by atoms with Gasteiger partial charge in [0.25, 0.3) is 0 Å². The zero-order chi connectivity index (χ0) is 15.3. The summed E-state index contributed by atoms with van der Waals surface area (Å²) in [6.45, 7) is 4.93. The number of rotatable bonds is 6. The molecule has 23 heavy (non-hydrogen) atoms. The maximum atomic E-state index is 12.2. The van der Waals surface area contributed by atoms with Crippen molar-refractivity contribution in [2.24, 2.45) is 0 Å². The number of nitrogens with one attached hydrogen (secondary N) is 2. The standard InChI is InChI=1S/C13H20BrN3O3S.2ClH/c1-20-13-10-11(2-3-12(13)14)21(18,19)16-6-9-17-7-4-15-5-8-17;;/h2-3,10,15-16H,4-9H2,1H3;2*1H. The van der Waals surface area contributed by atoms with Crippen LogP contribution in [0.2, 0.25) is 0 Å². The van der Waals surface area contributed by atoms with Crippen LogP contribution >= 0.6 is 40.7 Å². The van der Waals surface area contributed by atoms with Crippen LogP contribution in [0.1, 0.15) is 0 Å². The summed E-state index contributed by atoms with van der Waals surface area (Å²) in [6.07, 6.45) is 0. The number of sulfonamides is 1. The summed E-state index contributed by atoms with van der Waals surface area (Å²) >= 11 is 3.31. The fourth-order valence-electron chi connectivity index (χ4n) is 2.16. The Morgan fingerprint density at radius 3 is 2.57 bits per heavy atom. The Balaban J connectivity index is 0.00000242. The van der Waals surface area contributed by atoms with Crippen LogP contribution in [0.15, 0.2) is 27.6 Å². The Bertz CT molecular complexity index is 584. The molecule has 1 heterocycles. The molecule has 134 valence electrons. The zero-order valence-corrected chi connectivity index (χ0v) is 16.8. The van der Waals surface area contributed by atoms with Gasteiger partial charge in [0.15, 0.2) is 0 Å². The Morgan fingerprint density at radius 2 is 1.96 bits per heavy atom. The fraction of sp³-hybridized carbons (Fsp3) is 0.538. The summed E-state index contributed by atoms with van der Waals surface area (Å²) in [5, 5.41) is 3.27. The molecular formula is C13H22BrCl2N3O3S. The van der Waals surface area contributed by atoms with E-state index in [9.17, 15) is 8.42 Å². The van der Waals surface area contributed by atoms with Crippen molar-refractivity contribution in [3.05, 3.63) is 22.7 Å². The van der Waals surface area contributed by atoms with E-state index in [1.165, 1.54) is 13.2 Å². The highest BCUT2D eigenvalue weighted by Crippen LogP contribution is 2.27. The number of hydrogen-bond acceptors (Lipinski definition) is 5. The van der Waals surface area contributed by atoms with Crippen molar-refractivity contribution < 1.29 is 13.2 Å². The number of hydrogen-bond donors (Lipinski definition) is 2. The van der Waals surface area contributed by atoms with Gasteiger partial charge in [-0.2, -0.15) is 0 Å². The SMILES string of the molecule is COc1cc(S(=O)(=O)NCCN2CCNCC2)ccc1Br.Cl.Cl. The van der Waals surface area contributed by atoms with Crippen molar-refractivity contribution in [1.82, 2.24) is 14.9 Å². The lowest BCUT2D eigenvalue weighted by Crippen LogP contribution is -2.46. The van der Waals surface area contributed by atoms with Crippen LogP contribution in [0.3, 0.4) is 0 Å². The first-order chi connectivity index (χ1) is 10.0. The fourth-order valence-corrected chi connectivity index (χ4v) is 3.61. The molecule has 1 aromatic carbocycles. The van der Waals surface area contributed by atoms with Crippen LogP contribution in [0.25, 0.3) is 0 Å². The molecule has 0 spiro atoms. The second-order valence-corrected chi connectivity index (χ2v) is 7.41. The van der Waals surface area contributed by atoms with Crippen molar-refractivity contribution in [2.75, 3.05) is 46.4 Å². The largest absolute Gasteiger partial charge is 0.496 e. The third-order valence-electron chi connectivity index (χ3n) is 3.36. The first kappa shape index (κ1) is 22.9. The van der Waals surface area contributed by atoms with Gasteiger partial charge in [0.2, 0.25) is 10.0 Å². The van der Waals surface area contributed by atoms with Crippen molar-refractivity contribution in [3.63, 3.8) is 0 Å². The zero-order valence-electron chi connectivity index (χ0n) is 12.7. The molecule has 2 rings (SSSR count). The topological polar surface area (TPSA) is 70.7 Å². The molecule has 0 amide bonds. The van der Waals surface area contributed by atoms with Gasteiger partial charge >= 0.3 is 0 Å². The molecule has 6 nitrogen and oxygen atoms in total. The van der Waals surface area contributed by atoms with Gasteiger partial charge in [-0.15, -0.1) is 24.8 Å². The van der Waals surface area contributed by atoms with E-state index in [0.29, 0.717) is 18.8 Å². The van der Waals surface area contributed by atoms with Crippen molar-refractivity contribution in [2.45, 2.75) is 4.90 Å². The first-order valence-electron chi connectivity index (χ1n) is 6.79. The number of ether oxygens (including phenoxy) is 1. The molecule has 1 saturated heterocycles. The van der Waals surface area contributed by atoms with E-state index in [1.807, 2.05) is 0 Å². The second kappa shape index (κ2) is 10.7. The Morgan fingerprint density at radius 1 is 1.30 bits per heavy atom. The Labute approximate surface area is 158 Å². The summed E-state index contributed by atoms with van der Waals surface area (Å²) in [5.74, 6) is 0.500. The summed E-state index contributed by atoms with van der Waals surface area (Å²) in [5.41, 5.74) is 0. The molecule has 0 unspecified atom stereocenters. The summed E-state index contributed by atoms with van der Waals surface area (Å²) in [6, 6.07) is 4.74. The van der Waals surface area contributed by atoms with Gasteiger partial charge in [-0.3, -0.25) is 4.90 Å². The van der Waals surface area contributed by atoms with Crippen LogP contribution in [-0.4, -0.2) is 59.7 Å². The van der Waals surface area contributed by atoms with Gasteiger partial charge in [0, 0.05) is 45.3 Å². The lowest BCUT2D eigenvalue weighted by molar-refractivity contribution is 0.245. The number of methoxy groups -OCH3 is 1. The minimum Gasteiger partial charge on any atom is -0.496 e. The van der Waals surface area contributed by atoms with E-state index < -0.39 is 10.0 Å². The predicted octanol–water partition coefficient (Wildman–Crippen LogP) is 1.48. The maximum Gasteiger partial charge on any atom is 0.240 e. The van der Waals surface area contributed by atoms with Crippen LogP contribution in [0.4, 0.5) is 0 Å². The van der Waals surface area contributed by atoms with E-state index in [0.717, 1.165) is 30.7 Å². The normalized spacial score (nSPS) is 15.4. The van der Waals surface area contributed by atoms with E-state index >= 15 is 0 Å². The molecule has 2 N–H and O–H groups in total. The number of halogens is 3. The second-order valence-electron chi connectivity index (χ2n) is 4.79. The monoisotopic (exact) mass is 449 g/mol. The van der Waals surface area contributed by atoms with Gasteiger partial charge in [0.05, 0.1) is 16.5 Å². The highest BCUT2D eigenvalue weighted by atomic mass is 79.9. The molecule has 0 bridgehead atoms. The molecule has 0 saturated carbocycles. The third kappa shape index (κ3) is 6.74. The van der Waals surface area contributed by atoms with Gasteiger partial charge in [-0.05, 0) is 28.1 Å². The van der Waals surface area contributed by atoms with Crippen LogP contribution < -0.4 is 14.8 Å². The summed E-state index contributed by atoms with van der Waals surface area (Å²) in [7, 11) is -2.00. The third-order valence-corrected chi connectivity index (χ3v) is 5.48. The highest BCUT2D eigenvalue weighted by molar-refractivity contribution is 9.10.